The molecule has 1 aliphatic heterocycles. The number of nitrogens with zero attached hydrogens (tertiary/aromatic N) is 2. The second-order valence-electron chi connectivity index (χ2n) is 3.94. The van der Waals surface area contributed by atoms with Gasteiger partial charge in [0.25, 0.3) is 0 Å². The van der Waals surface area contributed by atoms with Gasteiger partial charge in [0.1, 0.15) is 6.04 Å². The Kier molecular flexibility index (Phi) is 4.20. The molecule has 1 fully saturated rings. The van der Waals surface area contributed by atoms with Crippen molar-refractivity contribution < 1.29 is 0 Å². The van der Waals surface area contributed by atoms with E-state index < -0.39 is 0 Å². The molecule has 1 aliphatic rings. The van der Waals surface area contributed by atoms with Crippen molar-refractivity contribution in [3.8, 4) is 6.07 Å². The van der Waals surface area contributed by atoms with Crippen LogP contribution >= 0.6 is 0 Å². The molecule has 13 heavy (non-hydrogen) atoms. The van der Waals surface area contributed by atoms with Gasteiger partial charge in [-0.25, -0.2) is 0 Å². The van der Waals surface area contributed by atoms with Gasteiger partial charge in [0, 0.05) is 13.1 Å². The highest BCUT2D eigenvalue weighted by Gasteiger charge is 2.22. The SMILES string of the molecule is CCCC1CCN(CC(N)C#N)C1. The zero-order chi connectivity index (χ0) is 9.68. The summed E-state index contributed by atoms with van der Waals surface area (Å²) < 4.78 is 0. The molecule has 0 aliphatic carbocycles. The Labute approximate surface area is 80.5 Å². The van der Waals surface area contributed by atoms with Gasteiger partial charge in [-0.2, -0.15) is 5.26 Å². The maximum absolute atomic E-state index is 8.56. The monoisotopic (exact) mass is 181 g/mol. The van der Waals surface area contributed by atoms with E-state index in [1.807, 2.05) is 0 Å². The van der Waals surface area contributed by atoms with Crippen LogP contribution in [0.25, 0.3) is 0 Å². The van der Waals surface area contributed by atoms with Crippen LogP contribution in [-0.4, -0.2) is 30.6 Å². The van der Waals surface area contributed by atoms with Gasteiger partial charge in [0.05, 0.1) is 6.07 Å². The van der Waals surface area contributed by atoms with Gasteiger partial charge in [0.2, 0.25) is 0 Å². The fourth-order valence-electron chi connectivity index (χ4n) is 2.04. The summed E-state index contributed by atoms with van der Waals surface area (Å²) >= 11 is 0. The molecule has 0 bridgehead atoms. The smallest absolute Gasteiger partial charge is 0.106 e. The van der Waals surface area contributed by atoms with E-state index in [4.69, 9.17) is 11.0 Å². The van der Waals surface area contributed by atoms with Crippen LogP contribution in [0, 0.1) is 17.2 Å². The summed E-state index contributed by atoms with van der Waals surface area (Å²) in [4.78, 5) is 2.31. The highest BCUT2D eigenvalue weighted by atomic mass is 15.2. The Morgan fingerprint density at radius 2 is 2.46 bits per heavy atom. The Bertz CT molecular complexity index is 185. The summed E-state index contributed by atoms with van der Waals surface area (Å²) in [5.74, 6) is 0.843. The average Bonchev–Trinajstić information content (AvgIpc) is 2.53. The second kappa shape index (κ2) is 5.21. The van der Waals surface area contributed by atoms with E-state index in [9.17, 15) is 0 Å². The van der Waals surface area contributed by atoms with Crippen molar-refractivity contribution in [2.45, 2.75) is 32.2 Å². The molecule has 1 rings (SSSR count). The van der Waals surface area contributed by atoms with Crippen LogP contribution in [0.2, 0.25) is 0 Å². The molecule has 0 amide bonds. The lowest BCUT2D eigenvalue weighted by molar-refractivity contribution is 0.314. The number of likely N-dealkylation sites (tertiary alicyclic amines) is 1. The molecule has 0 radical (unpaired) electrons. The maximum Gasteiger partial charge on any atom is 0.106 e. The van der Waals surface area contributed by atoms with Crippen molar-refractivity contribution in [2.24, 2.45) is 11.7 Å². The lowest BCUT2D eigenvalue weighted by Crippen LogP contribution is -2.35. The highest BCUT2D eigenvalue weighted by Crippen LogP contribution is 2.20. The molecule has 1 heterocycles. The minimum absolute atomic E-state index is 0.305. The average molecular weight is 181 g/mol. The number of hydrogen-bond donors (Lipinski definition) is 1. The van der Waals surface area contributed by atoms with E-state index in [1.165, 1.54) is 19.3 Å². The van der Waals surface area contributed by atoms with Crippen molar-refractivity contribution >= 4 is 0 Å². The molecule has 0 aromatic heterocycles. The normalized spacial score (nSPS) is 25.8. The lowest BCUT2D eigenvalue weighted by Gasteiger charge is -2.16. The van der Waals surface area contributed by atoms with Gasteiger partial charge >= 0.3 is 0 Å². The van der Waals surface area contributed by atoms with Crippen LogP contribution in [0.5, 0.6) is 0 Å². The number of rotatable bonds is 4. The molecule has 0 aromatic carbocycles. The third-order valence-electron chi connectivity index (χ3n) is 2.69. The fourth-order valence-corrected chi connectivity index (χ4v) is 2.04. The second-order valence-corrected chi connectivity index (χ2v) is 3.94. The Morgan fingerprint density at radius 3 is 3.08 bits per heavy atom. The number of nitrogens with two attached hydrogens (primary N) is 1. The highest BCUT2D eigenvalue weighted by molar-refractivity contribution is 4.90. The predicted molar refractivity (Wildman–Crippen MR) is 53.0 cm³/mol. The molecule has 0 spiro atoms. The van der Waals surface area contributed by atoms with E-state index >= 15 is 0 Å². The Morgan fingerprint density at radius 1 is 1.69 bits per heavy atom. The molecule has 0 saturated carbocycles. The van der Waals surface area contributed by atoms with Crippen LogP contribution in [0.1, 0.15) is 26.2 Å². The van der Waals surface area contributed by atoms with Gasteiger partial charge < -0.3 is 10.6 Å². The van der Waals surface area contributed by atoms with Crippen LogP contribution in [0.4, 0.5) is 0 Å². The van der Waals surface area contributed by atoms with Crippen molar-refractivity contribution in [3.05, 3.63) is 0 Å². The molecular formula is C10H19N3. The minimum Gasteiger partial charge on any atom is -0.315 e. The summed E-state index contributed by atoms with van der Waals surface area (Å²) in [5.41, 5.74) is 5.57. The van der Waals surface area contributed by atoms with Crippen molar-refractivity contribution in [2.75, 3.05) is 19.6 Å². The van der Waals surface area contributed by atoms with Gasteiger partial charge in [-0.1, -0.05) is 13.3 Å². The summed E-state index contributed by atoms with van der Waals surface area (Å²) in [6, 6.07) is 1.77. The first-order chi connectivity index (χ1) is 6.26. The van der Waals surface area contributed by atoms with Gasteiger partial charge in [-0.3, -0.25) is 0 Å². The molecule has 1 saturated heterocycles. The molecule has 2 unspecified atom stereocenters. The van der Waals surface area contributed by atoms with E-state index in [-0.39, 0.29) is 6.04 Å². The maximum atomic E-state index is 8.56. The number of nitriles is 1. The first kappa shape index (κ1) is 10.5. The van der Waals surface area contributed by atoms with E-state index in [0.717, 1.165) is 25.6 Å². The quantitative estimate of drug-likeness (QED) is 0.703. The largest absolute Gasteiger partial charge is 0.315 e. The summed E-state index contributed by atoms with van der Waals surface area (Å²) in [5, 5.41) is 8.56. The zero-order valence-electron chi connectivity index (χ0n) is 8.37. The first-order valence-corrected chi connectivity index (χ1v) is 5.13. The predicted octanol–water partition coefficient (Wildman–Crippen LogP) is 0.959. The number of hydrogen-bond acceptors (Lipinski definition) is 3. The van der Waals surface area contributed by atoms with Crippen LogP contribution < -0.4 is 5.73 Å². The molecular weight excluding hydrogens is 162 g/mol. The van der Waals surface area contributed by atoms with E-state index in [1.54, 1.807) is 0 Å². The third-order valence-corrected chi connectivity index (χ3v) is 2.69. The van der Waals surface area contributed by atoms with Crippen molar-refractivity contribution in [3.63, 3.8) is 0 Å². The van der Waals surface area contributed by atoms with Crippen molar-refractivity contribution in [1.82, 2.24) is 4.90 Å². The zero-order valence-corrected chi connectivity index (χ0v) is 8.37. The van der Waals surface area contributed by atoms with Gasteiger partial charge in [0.15, 0.2) is 0 Å². The molecule has 0 aromatic rings. The standard InChI is InChI=1S/C10H19N3/c1-2-3-9-4-5-13(7-9)8-10(12)6-11/h9-10H,2-5,7-8,12H2,1H3. The van der Waals surface area contributed by atoms with E-state index in [2.05, 4.69) is 17.9 Å². The van der Waals surface area contributed by atoms with Crippen molar-refractivity contribution in [1.29, 1.82) is 5.26 Å². The fraction of sp³-hybridized carbons (Fsp3) is 0.900. The van der Waals surface area contributed by atoms with Crippen LogP contribution in [0.3, 0.4) is 0 Å². The molecule has 2 N–H and O–H groups in total. The van der Waals surface area contributed by atoms with Gasteiger partial charge in [-0.15, -0.1) is 0 Å². The third kappa shape index (κ3) is 3.33. The molecule has 74 valence electrons. The summed E-state index contributed by atoms with van der Waals surface area (Å²) in [7, 11) is 0. The van der Waals surface area contributed by atoms with Crippen LogP contribution in [-0.2, 0) is 0 Å². The molecule has 2 atom stereocenters. The molecule has 3 nitrogen and oxygen atoms in total. The summed E-state index contributed by atoms with van der Waals surface area (Å²) in [6.07, 6.45) is 3.87. The lowest BCUT2D eigenvalue weighted by atomic mass is 10.0. The summed E-state index contributed by atoms with van der Waals surface area (Å²) in [6.45, 7) is 5.24. The molecule has 3 heteroatoms. The Hall–Kier alpha value is -0.590. The topological polar surface area (TPSA) is 53.0 Å². The van der Waals surface area contributed by atoms with Crippen LogP contribution in [0.15, 0.2) is 0 Å². The van der Waals surface area contributed by atoms with Gasteiger partial charge in [-0.05, 0) is 25.3 Å². The minimum atomic E-state index is -0.305. The first-order valence-electron chi connectivity index (χ1n) is 5.13. The van der Waals surface area contributed by atoms with E-state index in [0.29, 0.717) is 0 Å². The Balaban J connectivity index is 2.21.